The van der Waals surface area contributed by atoms with E-state index >= 15 is 0 Å². The smallest absolute Gasteiger partial charge is 0.145 e. The van der Waals surface area contributed by atoms with Crippen molar-refractivity contribution >= 4 is 5.82 Å². The molecule has 2 heterocycles. The van der Waals surface area contributed by atoms with Crippen molar-refractivity contribution in [3.05, 3.63) is 78.1 Å². The van der Waals surface area contributed by atoms with Crippen molar-refractivity contribution in [2.45, 2.75) is 45.2 Å². The summed E-state index contributed by atoms with van der Waals surface area (Å²) in [6, 6.07) is 19.6. The number of nitrogens with one attached hydrogen (secondary N) is 1. The Balaban J connectivity index is 1.47. The Hall–Kier alpha value is -2.72. The second kappa shape index (κ2) is 9.66. The van der Waals surface area contributed by atoms with Crippen molar-refractivity contribution in [2.75, 3.05) is 18.4 Å². The largest absolute Gasteiger partial charge is 0.362 e. The van der Waals surface area contributed by atoms with E-state index in [9.17, 15) is 0 Å². The molecule has 3 aromatic rings. The van der Waals surface area contributed by atoms with E-state index in [1.165, 1.54) is 37.1 Å². The fourth-order valence-electron chi connectivity index (χ4n) is 4.03. The van der Waals surface area contributed by atoms with E-state index < -0.39 is 0 Å². The summed E-state index contributed by atoms with van der Waals surface area (Å²) >= 11 is 0. The van der Waals surface area contributed by atoms with Gasteiger partial charge >= 0.3 is 0 Å². The molecule has 0 bridgehead atoms. The van der Waals surface area contributed by atoms with Gasteiger partial charge in [-0.05, 0) is 43.5 Å². The minimum absolute atomic E-state index is 0.244. The molecule has 1 aliphatic heterocycles. The number of aromatic nitrogens is 2. The maximum Gasteiger partial charge on any atom is 0.145 e. The lowest BCUT2D eigenvalue weighted by molar-refractivity contribution is 0.331. The summed E-state index contributed by atoms with van der Waals surface area (Å²) in [5.74, 6) is 0.825. The highest BCUT2D eigenvalue weighted by Gasteiger charge is 2.13. The van der Waals surface area contributed by atoms with Crippen LogP contribution in [0.1, 0.15) is 49.8 Å². The molecule has 4 nitrogen and oxygen atoms in total. The van der Waals surface area contributed by atoms with Gasteiger partial charge in [-0.1, -0.05) is 67.9 Å². The predicted molar refractivity (Wildman–Crippen MR) is 120 cm³/mol. The molecular formula is C25H30N4. The van der Waals surface area contributed by atoms with Crippen LogP contribution < -0.4 is 5.32 Å². The van der Waals surface area contributed by atoms with Gasteiger partial charge in [0.2, 0.25) is 0 Å². The van der Waals surface area contributed by atoms with Gasteiger partial charge in [-0.2, -0.15) is 0 Å². The standard InChI is InChI=1S/C25H30N4/c1-2-8-23(21-9-4-3-5-10-21)27-25-18-26-17-24(28-25)22-13-11-20(12-14-22)19-29-15-6-7-16-29/h3-5,9-14,17-18,23H,2,6-8,15-16,19H2,1H3,(H,27,28). The minimum Gasteiger partial charge on any atom is -0.362 e. The highest BCUT2D eigenvalue weighted by molar-refractivity contribution is 5.60. The fraction of sp³-hybridized carbons (Fsp3) is 0.360. The van der Waals surface area contributed by atoms with E-state index in [1.54, 1.807) is 0 Å². The van der Waals surface area contributed by atoms with Crippen LogP contribution in [0.2, 0.25) is 0 Å². The van der Waals surface area contributed by atoms with Gasteiger partial charge in [-0.15, -0.1) is 0 Å². The number of nitrogens with zero attached hydrogens (tertiary/aromatic N) is 3. The molecule has 0 radical (unpaired) electrons. The van der Waals surface area contributed by atoms with Gasteiger partial charge < -0.3 is 5.32 Å². The Bertz CT molecular complexity index is 886. The van der Waals surface area contributed by atoms with Crippen LogP contribution in [0, 0.1) is 0 Å². The molecule has 0 aliphatic carbocycles. The summed E-state index contributed by atoms with van der Waals surface area (Å²) in [4.78, 5) is 11.8. The monoisotopic (exact) mass is 386 g/mol. The molecule has 2 aromatic carbocycles. The van der Waals surface area contributed by atoms with Gasteiger partial charge in [0.1, 0.15) is 5.82 Å². The van der Waals surface area contributed by atoms with Crippen LogP contribution in [0.5, 0.6) is 0 Å². The summed E-state index contributed by atoms with van der Waals surface area (Å²) in [7, 11) is 0. The van der Waals surface area contributed by atoms with Crippen LogP contribution in [0.4, 0.5) is 5.82 Å². The van der Waals surface area contributed by atoms with Crippen LogP contribution in [-0.2, 0) is 6.54 Å². The lowest BCUT2D eigenvalue weighted by Crippen LogP contribution is -2.18. The third-order valence-corrected chi connectivity index (χ3v) is 5.59. The van der Waals surface area contributed by atoms with Gasteiger partial charge in [0, 0.05) is 12.1 Å². The van der Waals surface area contributed by atoms with E-state index in [0.29, 0.717) is 0 Å². The number of benzene rings is 2. The highest BCUT2D eigenvalue weighted by Crippen LogP contribution is 2.25. The number of rotatable bonds is 8. The molecule has 0 amide bonds. The molecule has 1 aliphatic rings. The van der Waals surface area contributed by atoms with Gasteiger partial charge in [0.15, 0.2) is 0 Å². The van der Waals surface area contributed by atoms with Gasteiger partial charge in [-0.3, -0.25) is 9.88 Å². The van der Waals surface area contributed by atoms with Crippen molar-refractivity contribution in [3.8, 4) is 11.3 Å². The molecule has 1 N–H and O–H groups in total. The van der Waals surface area contributed by atoms with Gasteiger partial charge in [0.25, 0.3) is 0 Å². The third kappa shape index (κ3) is 5.21. The van der Waals surface area contributed by atoms with Crippen LogP contribution >= 0.6 is 0 Å². The number of likely N-dealkylation sites (tertiary alicyclic amines) is 1. The Kier molecular flexibility index (Phi) is 6.52. The van der Waals surface area contributed by atoms with Crippen LogP contribution in [0.15, 0.2) is 67.0 Å². The second-order valence-corrected chi connectivity index (χ2v) is 7.87. The zero-order chi connectivity index (χ0) is 19.9. The number of anilines is 1. The van der Waals surface area contributed by atoms with Crippen molar-refractivity contribution in [3.63, 3.8) is 0 Å². The Morgan fingerprint density at radius 2 is 1.72 bits per heavy atom. The molecule has 4 heteroatoms. The quantitative estimate of drug-likeness (QED) is 0.540. The molecule has 0 saturated carbocycles. The van der Waals surface area contributed by atoms with Gasteiger partial charge in [0.05, 0.1) is 24.1 Å². The molecule has 4 rings (SSSR count). The average Bonchev–Trinajstić information content (AvgIpc) is 3.28. The Morgan fingerprint density at radius 1 is 0.966 bits per heavy atom. The summed E-state index contributed by atoms with van der Waals surface area (Å²) in [5, 5.41) is 3.59. The predicted octanol–water partition coefficient (Wildman–Crippen LogP) is 5.69. The van der Waals surface area contributed by atoms with Crippen LogP contribution in [0.25, 0.3) is 11.3 Å². The zero-order valence-corrected chi connectivity index (χ0v) is 17.2. The van der Waals surface area contributed by atoms with Crippen molar-refractivity contribution in [2.24, 2.45) is 0 Å². The van der Waals surface area contributed by atoms with Crippen LogP contribution in [-0.4, -0.2) is 28.0 Å². The average molecular weight is 387 g/mol. The molecular weight excluding hydrogens is 356 g/mol. The lowest BCUT2D eigenvalue weighted by Gasteiger charge is -2.19. The molecule has 1 saturated heterocycles. The number of hydrogen-bond acceptors (Lipinski definition) is 4. The third-order valence-electron chi connectivity index (χ3n) is 5.59. The van der Waals surface area contributed by atoms with Crippen molar-refractivity contribution in [1.29, 1.82) is 0 Å². The van der Waals surface area contributed by atoms with E-state index in [4.69, 9.17) is 4.98 Å². The maximum absolute atomic E-state index is 4.84. The first-order valence-corrected chi connectivity index (χ1v) is 10.8. The Morgan fingerprint density at radius 3 is 2.45 bits per heavy atom. The first-order valence-electron chi connectivity index (χ1n) is 10.8. The zero-order valence-electron chi connectivity index (χ0n) is 17.2. The molecule has 1 fully saturated rings. The van der Waals surface area contributed by atoms with Crippen molar-refractivity contribution < 1.29 is 0 Å². The summed E-state index contributed by atoms with van der Waals surface area (Å²) in [6.45, 7) is 5.70. The minimum atomic E-state index is 0.244. The van der Waals surface area contributed by atoms with E-state index in [2.05, 4.69) is 76.7 Å². The maximum atomic E-state index is 4.84. The normalized spacial score (nSPS) is 15.3. The SMILES string of the molecule is CCCC(Nc1cncc(-c2ccc(CN3CCCC3)cc2)n1)c1ccccc1. The molecule has 1 atom stereocenters. The molecule has 150 valence electrons. The second-order valence-electron chi connectivity index (χ2n) is 7.87. The topological polar surface area (TPSA) is 41.1 Å². The first kappa shape index (κ1) is 19.6. The molecule has 1 aromatic heterocycles. The molecule has 0 spiro atoms. The first-order chi connectivity index (χ1) is 14.3. The summed E-state index contributed by atoms with van der Waals surface area (Å²) in [5.41, 5.74) is 4.67. The number of hydrogen-bond donors (Lipinski definition) is 1. The highest BCUT2D eigenvalue weighted by atomic mass is 15.1. The van der Waals surface area contributed by atoms with E-state index in [-0.39, 0.29) is 6.04 Å². The molecule has 29 heavy (non-hydrogen) atoms. The molecule has 1 unspecified atom stereocenters. The summed E-state index contributed by atoms with van der Waals surface area (Å²) < 4.78 is 0. The van der Waals surface area contributed by atoms with Gasteiger partial charge in [-0.25, -0.2) is 4.98 Å². The fourth-order valence-corrected chi connectivity index (χ4v) is 4.03. The van der Waals surface area contributed by atoms with Crippen LogP contribution in [0.3, 0.4) is 0 Å². The Labute approximate surface area is 174 Å². The van der Waals surface area contributed by atoms with E-state index in [0.717, 1.165) is 36.5 Å². The van der Waals surface area contributed by atoms with E-state index in [1.807, 2.05) is 12.4 Å². The lowest BCUT2D eigenvalue weighted by atomic mass is 10.0. The van der Waals surface area contributed by atoms with Crippen molar-refractivity contribution in [1.82, 2.24) is 14.9 Å². The summed E-state index contributed by atoms with van der Waals surface area (Å²) in [6.07, 6.45) is 8.49.